The molecular formula is C58H72N4O4. The van der Waals surface area contributed by atoms with Crippen molar-refractivity contribution in [2.45, 2.75) is 114 Å². The molecule has 0 saturated carbocycles. The van der Waals surface area contributed by atoms with E-state index in [9.17, 15) is 19.2 Å². The largest absolute Gasteiger partial charge is 0.361 e. The van der Waals surface area contributed by atoms with Gasteiger partial charge in [-0.15, -0.1) is 0 Å². The van der Waals surface area contributed by atoms with Gasteiger partial charge in [-0.25, -0.2) is 0 Å². The number of hydrogen-bond acceptors (Lipinski definition) is 4. The van der Waals surface area contributed by atoms with Crippen LogP contribution in [0.2, 0.25) is 0 Å². The molecular weight excluding hydrogens is 817 g/mol. The smallest absolute Gasteiger partial charge is 0.133 e. The van der Waals surface area contributed by atoms with Crippen molar-refractivity contribution in [1.82, 2.24) is 19.5 Å². The molecule has 8 heteroatoms. The van der Waals surface area contributed by atoms with Gasteiger partial charge in [0.05, 0.1) is 0 Å². The molecule has 8 nitrogen and oxygen atoms in total. The molecule has 4 atom stereocenters. The van der Waals surface area contributed by atoms with E-state index in [0.29, 0.717) is 5.78 Å². The Labute approximate surface area is 392 Å². The fourth-order valence-corrected chi connectivity index (χ4v) is 8.96. The second-order valence-electron chi connectivity index (χ2n) is 18.1. The molecule has 0 aliphatic rings. The Balaban J connectivity index is 0.000000165. The van der Waals surface area contributed by atoms with Crippen LogP contribution in [0.25, 0.3) is 43.6 Å². The van der Waals surface area contributed by atoms with E-state index in [1.54, 1.807) is 27.7 Å². The lowest BCUT2D eigenvalue weighted by Crippen LogP contribution is -2.12. The van der Waals surface area contributed by atoms with E-state index < -0.39 is 0 Å². The first-order valence-corrected chi connectivity index (χ1v) is 23.9. The summed E-state index contributed by atoms with van der Waals surface area (Å²) in [6.07, 6.45) is 13.2. The van der Waals surface area contributed by atoms with Gasteiger partial charge < -0.3 is 19.5 Å². The van der Waals surface area contributed by atoms with Gasteiger partial charge in [-0.3, -0.25) is 19.2 Å². The first-order valence-electron chi connectivity index (χ1n) is 23.9. The topological polar surface area (TPSA) is 121 Å². The van der Waals surface area contributed by atoms with Crippen LogP contribution >= 0.6 is 0 Å². The Bertz CT molecular complexity index is 2810. The molecule has 3 N–H and O–H groups in total. The minimum absolute atomic E-state index is 0.146. The molecule has 4 aromatic carbocycles. The van der Waals surface area contributed by atoms with Crippen LogP contribution in [-0.4, -0.2) is 42.7 Å². The highest BCUT2D eigenvalue weighted by Crippen LogP contribution is 2.26. The minimum atomic E-state index is 0.146. The van der Waals surface area contributed by atoms with Crippen molar-refractivity contribution in [3.63, 3.8) is 0 Å². The number of carbonyl (C=O) groups is 4. The van der Waals surface area contributed by atoms with Crippen molar-refractivity contribution in [2.75, 3.05) is 0 Å². The van der Waals surface area contributed by atoms with Gasteiger partial charge in [-0.05, 0) is 144 Å². The van der Waals surface area contributed by atoms with Crippen molar-refractivity contribution in [2.24, 2.45) is 30.7 Å². The molecule has 0 bridgehead atoms. The maximum atomic E-state index is 11.5. The summed E-state index contributed by atoms with van der Waals surface area (Å²) < 4.78 is 2.14. The maximum Gasteiger partial charge on any atom is 0.133 e. The SMILES string of the molecule is CC[C@@H](Cc1c[nH]c2ccc(C)cc12)C(C)=O.CC[C@@H](Cc1c[nH]c2ccccc12)C(C)=O.CC[C@@H](Cc1cc2ccccc2[nH]1)C(C)=O.CC[C@@H](Cc1cn(C)c2ccccc12)C(C)=O. The van der Waals surface area contributed by atoms with Crippen LogP contribution in [0.15, 0.2) is 116 Å². The number of ketones is 4. The molecule has 8 aromatic rings. The van der Waals surface area contributed by atoms with Crippen LogP contribution < -0.4 is 0 Å². The number of hydrogen-bond donors (Lipinski definition) is 3. The number of benzene rings is 4. The third-order valence-corrected chi connectivity index (χ3v) is 13.3. The highest BCUT2D eigenvalue weighted by atomic mass is 16.1. The normalized spacial score (nSPS) is 12.9. The molecule has 4 aromatic heterocycles. The van der Waals surface area contributed by atoms with Crippen LogP contribution in [0, 0.1) is 30.6 Å². The lowest BCUT2D eigenvalue weighted by molar-refractivity contribution is -0.121. The minimum Gasteiger partial charge on any atom is -0.361 e. The molecule has 8 rings (SSSR count). The fourth-order valence-electron chi connectivity index (χ4n) is 8.96. The summed E-state index contributed by atoms with van der Waals surface area (Å²) in [5.41, 5.74) is 10.9. The monoisotopic (exact) mass is 889 g/mol. The molecule has 348 valence electrons. The zero-order chi connectivity index (χ0) is 47.9. The average molecular weight is 889 g/mol. The van der Waals surface area contributed by atoms with Crippen molar-refractivity contribution < 1.29 is 19.2 Å². The number of aromatic nitrogens is 4. The third kappa shape index (κ3) is 13.4. The Morgan fingerprint density at radius 1 is 0.500 bits per heavy atom. The summed E-state index contributed by atoms with van der Waals surface area (Å²) in [4.78, 5) is 55.7. The number of H-pyrrole nitrogens is 3. The number of nitrogens with one attached hydrogen (secondary N) is 3. The second kappa shape index (κ2) is 24.3. The van der Waals surface area contributed by atoms with E-state index in [1.165, 1.54) is 49.3 Å². The summed E-state index contributed by atoms with van der Waals surface area (Å²) in [6, 6.07) is 33.3. The van der Waals surface area contributed by atoms with Crippen molar-refractivity contribution in [3.05, 3.63) is 144 Å². The molecule has 0 fully saturated rings. The lowest BCUT2D eigenvalue weighted by atomic mass is 9.93. The summed E-state index contributed by atoms with van der Waals surface area (Å²) in [5.74, 6) is 1.74. The maximum absolute atomic E-state index is 11.5. The van der Waals surface area contributed by atoms with Crippen molar-refractivity contribution >= 4 is 66.7 Å². The summed E-state index contributed by atoms with van der Waals surface area (Å²) in [5, 5.41) is 4.98. The number of rotatable bonds is 16. The molecule has 66 heavy (non-hydrogen) atoms. The molecule has 0 amide bonds. The lowest BCUT2D eigenvalue weighted by Gasteiger charge is -2.10. The average Bonchev–Trinajstić information content (AvgIpc) is 4.10. The van der Waals surface area contributed by atoms with E-state index in [1.807, 2.05) is 42.7 Å². The number of aromatic amines is 3. The van der Waals surface area contributed by atoms with Crippen molar-refractivity contribution in [3.8, 4) is 0 Å². The predicted molar refractivity (Wildman–Crippen MR) is 275 cm³/mol. The zero-order valence-electron chi connectivity index (χ0n) is 41.0. The fraction of sp³-hybridized carbons (Fsp3) is 0.379. The van der Waals surface area contributed by atoms with Gasteiger partial charge in [0.15, 0.2) is 0 Å². The number of nitrogens with zero attached hydrogens (tertiary/aromatic N) is 1. The summed E-state index contributed by atoms with van der Waals surface area (Å²) >= 11 is 0. The Kier molecular flexibility index (Phi) is 18.7. The van der Waals surface area contributed by atoms with E-state index in [0.717, 1.165) is 73.6 Å². The van der Waals surface area contributed by atoms with Gasteiger partial charge in [-0.2, -0.15) is 0 Å². The van der Waals surface area contributed by atoms with Gasteiger partial charge in [0, 0.05) is 93.2 Å². The molecule has 0 unspecified atom stereocenters. The number of Topliss-reactive ketones (excluding diaryl/α,β-unsaturated/α-hetero) is 4. The van der Waals surface area contributed by atoms with E-state index in [2.05, 4.69) is 134 Å². The standard InChI is InChI=1S/2C15H19NO.2C14H17NO/c1-4-12(11(3)17)8-13-9-16-15-6-5-10(2)7-14(13)15;1-4-12(11(2)17)9-13-10-16(3)15-8-6-5-7-14(13)15;1-3-11(10(2)16)8-12-9-15-14-7-5-4-6-13(12)14;1-3-11(10(2)16)8-13-9-12-6-4-5-7-14(12)15-13/h5-7,9,12,16H,4,8H2,1-3H3;5-8,10,12H,4,9H2,1-3H3;2*4-7,9,11,15H,3,8H2,1-2H3/t2*12-;2*11-/m0000/s1. The van der Waals surface area contributed by atoms with Gasteiger partial charge >= 0.3 is 0 Å². The van der Waals surface area contributed by atoms with Crippen LogP contribution in [-0.2, 0) is 51.9 Å². The second-order valence-corrected chi connectivity index (χ2v) is 18.1. The van der Waals surface area contributed by atoms with Crippen LogP contribution in [0.1, 0.15) is 109 Å². The first-order chi connectivity index (χ1) is 31.7. The highest BCUT2D eigenvalue weighted by molar-refractivity contribution is 5.87. The summed E-state index contributed by atoms with van der Waals surface area (Å²) in [7, 11) is 2.06. The number of para-hydroxylation sites is 3. The van der Waals surface area contributed by atoms with Gasteiger partial charge in [0.2, 0.25) is 0 Å². The number of carbonyl (C=O) groups excluding carboxylic acids is 4. The van der Waals surface area contributed by atoms with Crippen LogP contribution in [0.4, 0.5) is 0 Å². The predicted octanol–water partition coefficient (Wildman–Crippen LogP) is 13.6. The first kappa shape index (κ1) is 50.7. The van der Waals surface area contributed by atoms with E-state index in [4.69, 9.17) is 0 Å². The number of aryl methyl sites for hydroxylation is 2. The van der Waals surface area contributed by atoms with Crippen LogP contribution in [0.3, 0.4) is 0 Å². The zero-order valence-corrected chi connectivity index (χ0v) is 41.0. The molecule has 4 heterocycles. The Morgan fingerprint density at radius 3 is 1.50 bits per heavy atom. The molecule has 0 aliphatic heterocycles. The Morgan fingerprint density at radius 2 is 0.955 bits per heavy atom. The molecule has 0 radical (unpaired) electrons. The summed E-state index contributed by atoms with van der Waals surface area (Å²) in [6.45, 7) is 17.1. The molecule has 0 aliphatic carbocycles. The quantitative estimate of drug-likeness (QED) is 0.0894. The highest BCUT2D eigenvalue weighted by Gasteiger charge is 2.18. The van der Waals surface area contributed by atoms with E-state index in [-0.39, 0.29) is 41.0 Å². The van der Waals surface area contributed by atoms with Gasteiger partial charge in [0.1, 0.15) is 23.1 Å². The molecule has 0 spiro atoms. The van der Waals surface area contributed by atoms with Crippen LogP contribution in [0.5, 0.6) is 0 Å². The van der Waals surface area contributed by atoms with Gasteiger partial charge in [0.25, 0.3) is 0 Å². The third-order valence-electron chi connectivity index (χ3n) is 13.3. The van der Waals surface area contributed by atoms with Crippen molar-refractivity contribution in [1.29, 1.82) is 0 Å². The molecule has 0 saturated heterocycles. The Hall–Kier alpha value is -6.28. The van der Waals surface area contributed by atoms with Gasteiger partial charge in [-0.1, -0.05) is 93.9 Å². The number of fused-ring (bicyclic) bond motifs is 4. The van der Waals surface area contributed by atoms with E-state index >= 15 is 0 Å².